The van der Waals surface area contributed by atoms with E-state index in [4.69, 9.17) is 18.9 Å². The Labute approximate surface area is 159 Å². The Balaban J connectivity index is 2.26. The summed E-state index contributed by atoms with van der Waals surface area (Å²) in [5.74, 6) is 0.128. The normalized spacial score (nSPS) is 11.5. The fraction of sp³-hybridized carbons (Fsp3) is 0.333. The summed E-state index contributed by atoms with van der Waals surface area (Å²) in [6, 6.07) is 8.56. The molecule has 0 fully saturated rings. The summed E-state index contributed by atoms with van der Waals surface area (Å²) in [6.45, 7) is 5.31. The standard InChI is InChI=1S/C21H24O6/c1-12-7-8-13(2)16(9-12)19(22)14(3)27-21(23)15-10-17(24-4)20(26-6)18(11-15)25-5/h7-11,14H,1-6H3/t14-/m1/s1. The van der Waals surface area contributed by atoms with Gasteiger partial charge in [-0.1, -0.05) is 17.7 Å². The lowest BCUT2D eigenvalue weighted by molar-refractivity contribution is 0.0318. The molecule has 6 nitrogen and oxygen atoms in total. The van der Waals surface area contributed by atoms with Crippen LogP contribution in [0.5, 0.6) is 17.2 Å². The van der Waals surface area contributed by atoms with Crippen molar-refractivity contribution in [1.29, 1.82) is 0 Å². The number of aryl methyl sites for hydroxylation is 2. The fourth-order valence-corrected chi connectivity index (χ4v) is 2.70. The molecular weight excluding hydrogens is 348 g/mol. The molecule has 0 saturated carbocycles. The highest BCUT2D eigenvalue weighted by Crippen LogP contribution is 2.38. The van der Waals surface area contributed by atoms with Crippen LogP contribution in [0.4, 0.5) is 0 Å². The summed E-state index contributed by atoms with van der Waals surface area (Å²) in [4.78, 5) is 25.2. The van der Waals surface area contributed by atoms with Crippen LogP contribution in [-0.4, -0.2) is 39.2 Å². The monoisotopic (exact) mass is 372 g/mol. The maximum atomic E-state index is 12.7. The number of hydrogen-bond donors (Lipinski definition) is 0. The van der Waals surface area contributed by atoms with E-state index in [1.54, 1.807) is 13.0 Å². The van der Waals surface area contributed by atoms with Gasteiger partial charge in [0.15, 0.2) is 17.6 Å². The van der Waals surface area contributed by atoms with E-state index in [0.717, 1.165) is 11.1 Å². The Kier molecular flexibility index (Phi) is 6.45. The molecule has 2 aromatic rings. The molecule has 0 unspecified atom stereocenters. The lowest BCUT2D eigenvalue weighted by atomic mass is 9.99. The third-order valence-corrected chi connectivity index (χ3v) is 4.21. The third kappa shape index (κ3) is 4.39. The van der Waals surface area contributed by atoms with Crippen LogP contribution >= 0.6 is 0 Å². The highest BCUT2D eigenvalue weighted by Gasteiger charge is 2.24. The van der Waals surface area contributed by atoms with Crippen molar-refractivity contribution in [2.75, 3.05) is 21.3 Å². The molecule has 0 aliphatic heterocycles. The first-order chi connectivity index (χ1) is 12.8. The molecular formula is C21H24O6. The van der Waals surface area contributed by atoms with Crippen molar-refractivity contribution < 1.29 is 28.5 Å². The molecule has 0 aromatic heterocycles. The molecule has 6 heteroatoms. The fourth-order valence-electron chi connectivity index (χ4n) is 2.70. The summed E-state index contributed by atoms with van der Waals surface area (Å²) < 4.78 is 21.1. The second-order valence-electron chi connectivity index (χ2n) is 6.14. The molecule has 0 aliphatic rings. The number of rotatable bonds is 7. The Morgan fingerprint density at radius 1 is 0.889 bits per heavy atom. The van der Waals surface area contributed by atoms with Gasteiger partial charge in [0.05, 0.1) is 26.9 Å². The lowest BCUT2D eigenvalue weighted by Gasteiger charge is -2.16. The molecule has 0 heterocycles. The molecule has 2 aromatic carbocycles. The van der Waals surface area contributed by atoms with Crippen LogP contribution in [0.3, 0.4) is 0 Å². The SMILES string of the molecule is COc1cc(C(=O)O[C@H](C)C(=O)c2cc(C)ccc2C)cc(OC)c1OC. The number of Topliss-reactive ketones (excluding diaryl/α,β-unsaturated/α-hetero) is 1. The van der Waals surface area contributed by atoms with Crippen molar-refractivity contribution in [3.63, 3.8) is 0 Å². The maximum Gasteiger partial charge on any atom is 0.339 e. The van der Waals surface area contributed by atoms with E-state index < -0.39 is 12.1 Å². The lowest BCUT2D eigenvalue weighted by Crippen LogP contribution is -2.25. The van der Waals surface area contributed by atoms with E-state index in [1.807, 2.05) is 26.0 Å². The zero-order valence-corrected chi connectivity index (χ0v) is 16.4. The van der Waals surface area contributed by atoms with E-state index in [0.29, 0.717) is 22.8 Å². The number of benzene rings is 2. The summed E-state index contributed by atoms with van der Waals surface area (Å²) in [5.41, 5.74) is 2.54. The van der Waals surface area contributed by atoms with Crippen LogP contribution in [-0.2, 0) is 4.74 Å². The molecule has 144 valence electrons. The summed E-state index contributed by atoms with van der Waals surface area (Å²) in [6.07, 6.45) is -0.933. The largest absolute Gasteiger partial charge is 0.493 e. The first kappa shape index (κ1) is 20.3. The van der Waals surface area contributed by atoms with Crippen LogP contribution in [0.25, 0.3) is 0 Å². The molecule has 0 N–H and O–H groups in total. The van der Waals surface area contributed by atoms with E-state index in [-0.39, 0.29) is 11.3 Å². The van der Waals surface area contributed by atoms with Crippen LogP contribution in [0.15, 0.2) is 30.3 Å². The second-order valence-corrected chi connectivity index (χ2v) is 6.14. The summed E-state index contributed by atoms with van der Waals surface area (Å²) in [7, 11) is 4.39. The molecule has 2 rings (SSSR count). The van der Waals surface area contributed by atoms with Crippen molar-refractivity contribution >= 4 is 11.8 Å². The van der Waals surface area contributed by atoms with Crippen LogP contribution in [0, 0.1) is 13.8 Å². The Hall–Kier alpha value is -3.02. The van der Waals surface area contributed by atoms with Gasteiger partial charge in [-0.3, -0.25) is 4.79 Å². The Morgan fingerprint density at radius 2 is 1.48 bits per heavy atom. The minimum Gasteiger partial charge on any atom is -0.493 e. The smallest absolute Gasteiger partial charge is 0.339 e. The van der Waals surface area contributed by atoms with Gasteiger partial charge in [-0.25, -0.2) is 4.79 Å². The van der Waals surface area contributed by atoms with Gasteiger partial charge in [0.25, 0.3) is 0 Å². The number of ketones is 1. The second kappa shape index (κ2) is 8.58. The average molecular weight is 372 g/mol. The number of hydrogen-bond acceptors (Lipinski definition) is 6. The first-order valence-electron chi connectivity index (χ1n) is 8.44. The zero-order valence-electron chi connectivity index (χ0n) is 16.4. The number of esters is 1. The third-order valence-electron chi connectivity index (χ3n) is 4.21. The first-order valence-corrected chi connectivity index (χ1v) is 8.44. The quantitative estimate of drug-likeness (QED) is 0.544. The van der Waals surface area contributed by atoms with Gasteiger partial charge in [0, 0.05) is 5.56 Å². The molecule has 0 bridgehead atoms. The van der Waals surface area contributed by atoms with Crippen LogP contribution < -0.4 is 14.2 Å². The van der Waals surface area contributed by atoms with E-state index in [1.165, 1.54) is 33.5 Å². The molecule has 0 radical (unpaired) electrons. The van der Waals surface area contributed by atoms with E-state index in [2.05, 4.69) is 0 Å². The minimum atomic E-state index is -0.933. The molecule has 0 amide bonds. The van der Waals surface area contributed by atoms with E-state index >= 15 is 0 Å². The molecule has 1 atom stereocenters. The van der Waals surface area contributed by atoms with Crippen molar-refractivity contribution in [1.82, 2.24) is 0 Å². The zero-order chi connectivity index (χ0) is 20.1. The molecule has 0 saturated heterocycles. The molecule has 0 aliphatic carbocycles. The molecule has 0 spiro atoms. The maximum absolute atomic E-state index is 12.7. The summed E-state index contributed by atoms with van der Waals surface area (Å²) >= 11 is 0. The highest BCUT2D eigenvalue weighted by atomic mass is 16.5. The van der Waals surface area contributed by atoms with Gasteiger partial charge in [-0.15, -0.1) is 0 Å². The Morgan fingerprint density at radius 3 is 2.00 bits per heavy atom. The van der Waals surface area contributed by atoms with E-state index in [9.17, 15) is 9.59 Å². The predicted octanol–water partition coefficient (Wildman–Crippen LogP) is 3.76. The van der Waals surface area contributed by atoms with Gasteiger partial charge < -0.3 is 18.9 Å². The Bertz CT molecular complexity index is 831. The van der Waals surface area contributed by atoms with Crippen LogP contribution in [0.1, 0.15) is 38.8 Å². The number of methoxy groups -OCH3 is 3. The van der Waals surface area contributed by atoms with Gasteiger partial charge in [0.2, 0.25) is 11.5 Å². The van der Waals surface area contributed by atoms with Crippen molar-refractivity contribution in [3.05, 3.63) is 52.6 Å². The predicted molar refractivity (Wildman–Crippen MR) is 101 cm³/mol. The topological polar surface area (TPSA) is 71.1 Å². The highest BCUT2D eigenvalue weighted by molar-refractivity contribution is 6.02. The van der Waals surface area contributed by atoms with Gasteiger partial charge in [-0.05, 0) is 44.5 Å². The van der Waals surface area contributed by atoms with Gasteiger partial charge in [0.1, 0.15) is 0 Å². The van der Waals surface area contributed by atoms with Gasteiger partial charge in [-0.2, -0.15) is 0 Å². The van der Waals surface area contributed by atoms with Crippen LogP contribution in [0.2, 0.25) is 0 Å². The van der Waals surface area contributed by atoms with Gasteiger partial charge >= 0.3 is 5.97 Å². The molecule has 27 heavy (non-hydrogen) atoms. The minimum absolute atomic E-state index is 0.199. The summed E-state index contributed by atoms with van der Waals surface area (Å²) in [5, 5.41) is 0. The number of carbonyl (C=O) groups excluding carboxylic acids is 2. The van der Waals surface area contributed by atoms with Crippen molar-refractivity contribution in [3.8, 4) is 17.2 Å². The average Bonchev–Trinajstić information content (AvgIpc) is 2.67. The van der Waals surface area contributed by atoms with Crippen molar-refractivity contribution in [2.45, 2.75) is 26.9 Å². The number of ether oxygens (including phenoxy) is 4. The van der Waals surface area contributed by atoms with Crippen molar-refractivity contribution in [2.24, 2.45) is 0 Å². The number of carbonyl (C=O) groups is 2.